The first-order chi connectivity index (χ1) is 12.8. The molecule has 3 atom stereocenters. The maximum atomic E-state index is 15.0. The smallest absolute Gasteiger partial charge is 0.341 e. The van der Waals surface area contributed by atoms with Crippen LogP contribution >= 0.6 is 0 Å². The van der Waals surface area contributed by atoms with Crippen LogP contribution in [-0.4, -0.2) is 41.4 Å². The van der Waals surface area contributed by atoms with E-state index in [0.29, 0.717) is 29.4 Å². The minimum absolute atomic E-state index is 0.0360. The third-order valence-electron chi connectivity index (χ3n) is 5.65. The minimum atomic E-state index is -1.37. The van der Waals surface area contributed by atoms with Crippen molar-refractivity contribution in [3.63, 3.8) is 0 Å². The molecule has 2 aliphatic rings. The second kappa shape index (κ2) is 6.23. The first-order valence-corrected chi connectivity index (χ1v) is 9.08. The van der Waals surface area contributed by atoms with Crippen LogP contribution in [0.1, 0.15) is 36.7 Å². The molecule has 7 nitrogen and oxygen atoms in total. The molecule has 0 bridgehead atoms. The molecule has 2 aromatic rings. The number of carbonyl (C=O) groups is 1. The van der Waals surface area contributed by atoms with Gasteiger partial charge in [0, 0.05) is 30.6 Å². The van der Waals surface area contributed by atoms with Gasteiger partial charge in [0.1, 0.15) is 18.0 Å². The molecular formula is C19H22FN3O4. The fourth-order valence-corrected chi connectivity index (χ4v) is 4.10. The maximum absolute atomic E-state index is 15.0. The molecule has 2 aliphatic heterocycles. The van der Waals surface area contributed by atoms with Gasteiger partial charge in [-0.25, -0.2) is 9.18 Å². The largest absolute Gasteiger partial charge is 0.487 e. The number of benzene rings is 1. The molecule has 1 aromatic heterocycles. The maximum Gasteiger partial charge on any atom is 0.341 e. The van der Waals surface area contributed by atoms with Gasteiger partial charge in [-0.15, -0.1) is 0 Å². The molecule has 1 aromatic carbocycles. The molecule has 0 aliphatic carbocycles. The Bertz CT molecular complexity index is 1000. The quantitative estimate of drug-likeness (QED) is 0.851. The number of carboxylic acids is 1. The van der Waals surface area contributed by atoms with Gasteiger partial charge in [0.25, 0.3) is 5.56 Å². The Morgan fingerprint density at radius 3 is 2.81 bits per heavy atom. The number of pyridine rings is 1. The number of ether oxygens (including phenoxy) is 1. The zero-order valence-corrected chi connectivity index (χ0v) is 15.2. The fraction of sp³-hybridized carbons (Fsp3) is 0.474. The number of carboxylic acid groups (broad SMARTS) is 1. The van der Waals surface area contributed by atoms with Crippen LogP contribution in [0.25, 0.3) is 10.9 Å². The Balaban J connectivity index is 1.97. The minimum Gasteiger partial charge on any atom is -0.487 e. The van der Waals surface area contributed by atoms with E-state index in [0.717, 1.165) is 19.0 Å². The van der Waals surface area contributed by atoms with Crippen LogP contribution in [0, 0.1) is 11.7 Å². The van der Waals surface area contributed by atoms with Crippen molar-refractivity contribution in [3.05, 3.63) is 33.9 Å². The van der Waals surface area contributed by atoms with Gasteiger partial charge >= 0.3 is 5.97 Å². The van der Waals surface area contributed by atoms with E-state index < -0.39 is 29.0 Å². The van der Waals surface area contributed by atoms with E-state index in [1.54, 1.807) is 6.92 Å². The zero-order valence-electron chi connectivity index (χ0n) is 15.2. The summed E-state index contributed by atoms with van der Waals surface area (Å²) in [5, 5.41) is 9.41. The first kappa shape index (κ1) is 17.8. The van der Waals surface area contributed by atoms with Crippen molar-refractivity contribution < 1.29 is 19.0 Å². The van der Waals surface area contributed by atoms with Gasteiger partial charge in [-0.3, -0.25) is 9.36 Å². The highest BCUT2D eigenvalue weighted by atomic mass is 19.1. The molecule has 3 N–H and O–H groups in total. The van der Waals surface area contributed by atoms with Gasteiger partial charge in [0.2, 0.25) is 0 Å². The van der Waals surface area contributed by atoms with Crippen LogP contribution in [0.3, 0.4) is 0 Å². The van der Waals surface area contributed by atoms with Crippen LogP contribution in [0.2, 0.25) is 0 Å². The van der Waals surface area contributed by atoms with E-state index in [1.165, 1.54) is 10.6 Å². The third-order valence-corrected chi connectivity index (χ3v) is 5.65. The van der Waals surface area contributed by atoms with E-state index in [-0.39, 0.29) is 18.0 Å². The van der Waals surface area contributed by atoms with Gasteiger partial charge in [0.05, 0.1) is 17.2 Å². The summed E-state index contributed by atoms with van der Waals surface area (Å²) in [6, 6.07) is 2.12. The SMILES string of the molecule is C[C@H](N)[C@@H]1CCN(c2cc(F)c3cc(C(=O)O)c(=O)n4c3c2OC[C@@H]4C)C1. The van der Waals surface area contributed by atoms with Gasteiger partial charge < -0.3 is 20.5 Å². The Hall–Kier alpha value is -2.61. The molecule has 0 saturated carbocycles. The lowest BCUT2D eigenvalue weighted by Gasteiger charge is -2.31. The monoisotopic (exact) mass is 375 g/mol. The molecule has 0 spiro atoms. The summed E-state index contributed by atoms with van der Waals surface area (Å²) >= 11 is 0. The molecule has 0 amide bonds. The van der Waals surface area contributed by atoms with Crippen molar-refractivity contribution in [2.24, 2.45) is 11.7 Å². The van der Waals surface area contributed by atoms with Crippen molar-refractivity contribution in [2.75, 3.05) is 24.6 Å². The van der Waals surface area contributed by atoms with Crippen molar-refractivity contribution in [1.29, 1.82) is 0 Å². The van der Waals surface area contributed by atoms with Gasteiger partial charge in [0.15, 0.2) is 5.75 Å². The van der Waals surface area contributed by atoms with Crippen molar-refractivity contribution >= 4 is 22.6 Å². The highest BCUT2D eigenvalue weighted by Crippen LogP contribution is 2.42. The Kier molecular flexibility index (Phi) is 4.10. The zero-order chi connectivity index (χ0) is 19.5. The predicted molar refractivity (Wildman–Crippen MR) is 99.3 cm³/mol. The fourth-order valence-electron chi connectivity index (χ4n) is 4.10. The van der Waals surface area contributed by atoms with Crippen molar-refractivity contribution in [3.8, 4) is 5.75 Å². The Morgan fingerprint density at radius 2 is 2.19 bits per heavy atom. The lowest BCUT2D eigenvalue weighted by molar-refractivity contribution is 0.0694. The van der Waals surface area contributed by atoms with E-state index in [2.05, 4.69) is 0 Å². The second-order valence-electron chi connectivity index (χ2n) is 7.52. The highest BCUT2D eigenvalue weighted by molar-refractivity contribution is 5.97. The lowest BCUT2D eigenvalue weighted by atomic mass is 10.0. The van der Waals surface area contributed by atoms with Crippen LogP contribution < -0.4 is 20.9 Å². The van der Waals surface area contributed by atoms with Crippen molar-refractivity contribution in [1.82, 2.24) is 4.57 Å². The van der Waals surface area contributed by atoms with Crippen LogP contribution in [0.4, 0.5) is 10.1 Å². The van der Waals surface area contributed by atoms with E-state index >= 15 is 0 Å². The number of hydrogen-bond acceptors (Lipinski definition) is 5. The average molecular weight is 375 g/mol. The molecule has 0 unspecified atom stereocenters. The number of halogens is 1. The summed E-state index contributed by atoms with van der Waals surface area (Å²) < 4.78 is 22.2. The molecule has 27 heavy (non-hydrogen) atoms. The number of aromatic nitrogens is 1. The van der Waals surface area contributed by atoms with Crippen LogP contribution in [0.5, 0.6) is 5.75 Å². The molecule has 8 heteroatoms. The molecule has 3 heterocycles. The number of anilines is 1. The van der Waals surface area contributed by atoms with Gasteiger partial charge in [-0.05, 0) is 32.3 Å². The topological polar surface area (TPSA) is 97.8 Å². The van der Waals surface area contributed by atoms with Crippen LogP contribution in [-0.2, 0) is 0 Å². The Labute approximate surface area is 155 Å². The van der Waals surface area contributed by atoms with Crippen molar-refractivity contribution in [2.45, 2.75) is 32.4 Å². The highest BCUT2D eigenvalue weighted by Gasteiger charge is 2.33. The Morgan fingerprint density at radius 1 is 1.44 bits per heavy atom. The molecule has 144 valence electrons. The summed E-state index contributed by atoms with van der Waals surface area (Å²) in [7, 11) is 0. The molecule has 4 rings (SSSR count). The molecular weight excluding hydrogens is 353 g/mol. The summed E-state index contributed by atoms with van der Waals surface area (Å²) in [5.41, 5.74) is 5.85. The number of hydrogen-bond donors (Lipinski definition) is 2. The standard InChI is InChI=1S/C19H22FN3O4/c1-9-8-27-17-15(22-4-3-11(7-22)10(2)21)6-14(20)12-5-13(19(25)26)18(24)23(9)16(12)17/h5-6,9-11H,3-4,7-8,21H2,1-2H3,(H,25,26)/t9-,10-,11+/m0/s1. The number of aromatic carboxylic acids is 1. The molecule has 0 radical (unpaired) electrons. The second-order valence-corrected chi connectivity index (χ2v) is 7.52. The third kappa shape index (κ3) is 2.66. The lowest BCUT2D eigenvalue weighted by Crippen LogP contribution is -2.35. The first-order valence-electron chi connectivity index (χ1n) is 9.08. The summed E-state index contributed by atoms with van der Waals surface area (Å²) in [6.07, 6.45) is 0.901. The number of nitrogens with two attached hydrogens (primary N) is 1. The van der Waals surface area contributed by atoms with Crippen LogP contribution in [0.15, 0.2) is 16.9 Å². The average Bonchev–Trinajstić information content (AvgIpc) is 3.10. The predicted octanol–water partition coefficient (Wildman–Crippen LogP) is 1.97. The normalized spacial score (nSPS) is 22.7. The molecule has 1 saturated heterocycles. The van der Waals surface area contributed by atoms with E-state index in [4.69, 9.17) is 10.5 Å². The number of rotatable bonds is 3. The summed E-state index contributed by atoms with van der Waals surface area (Å²) in [6.45, 7) is 5.34. The number of nitrogens with zero attached hydrogens (tertiary/aromatic N) is 2. The van der Waals surface area contributed by atoms with Gasteiger partial charge in [-0.1, -0.05) is 0 Å². The van der Waals surface area contributed by atoms with E-state index in [9.17, 15) is 19.1 Å². The molecule has 1 fully saturated rings. The summed E-state index contributed by atoms with van der Waals surface area (Å²) in [5.74, 6) is -1.20. The van der Waals surface area contributed by atoms with Gasteiger partial charge in [-0.2, -0.15) is 0 Å². The van der Waals surface area contributed by atoms with E-state index in [1.807, 2.05) is 11.8 Å². The summed E-state index contributed by atoms with van der Waals surface area (Å²) in [4.78, 5) is 26.2.